The van der Waals surface area contributed by atoms with Crippen molar-refractivity contribution in [1.29, 1.82) is 0 Å². The molecule has 0 radical (unpaired) electrons. The predicted molar refractivity (Wildman–Crippen MR) is 134 cm³/mol. The van der Waals surface area contributed by atoms with Gasteiger partial charge < -0.3 is 10.6 Å². The number of fused-ring (bicyclic) bond motifs is 2. The molecule has 2 aliphatic rings. The van der Waals surface area contributed by atoms with Crippen LogP contribution in [0, 0.1) is 13.8 Å². The van der Waals surface area contributed by atoms with Crippen molar-refractivity contribution in [2.75, 3.05) is 10.6 Å². The second kappa shape index (κ2) is 9.06. The number of rotatable bonds is 2. The Bertz CT molecular complexity index is 1440. The van der Waals surface area contributed by atoms with Crippen molar-refractivity contribution < 1.29 is 9.59 Å². The highest BCUT2D eigenvalue weighted by Gasteiger charge is 2.28. The van der Waals surface area contributed by atoms with Crippen molar-refractivity contribution in [3.63, 3.8) is 0 Å². The highest BCUT2D eigenvalue weighted by molar-refractivity contribution is 6.02. The number of anilines is 2. The molecule has 1 atom stereocenters. The summed E-state index contributed by atoms with van der Waals surface area (Å²) in [7, 11) is 0. The number of aryl methyl sites for hydroxylation is 2. The average molecular weight is 465 g/mol. The van der Waals surface area contributed by atoms with Gasteiger partial charge >= 0.3 is 0 Å². The molecule has 2 aliphatic heterocycles. The van der Waals surface area contributed by atoms with Gasteiger partial charge in [0.1, 0.15) is 11.6 Å². The summed E-state index contributed by atoms with van der Waals surface area (Å²) in [6.45, 7) is 5.79. The molecule has 6 rings (SSSR count). The average Bonchev–Trinajstić information content (AvgIpc) is 3.36. The van der Waals surface area contributed by atoms with Crippen LogP contribution in [0.5, 0.6) is 0 Å². The van der Waals surface area contributed by atoms with Crippen LogP contribution in [0.15, 0.2) is 61.2 Å². The summed E-state index contributed by atoms with van der Waals surface area (Å²) in [5.74, 6) is 1.30. The molecular formula is C27H24N6O2. The highest BCUT2D eigenvalue weighted by Crippen LogP contribution is 2.35. The van der Waals surface area contributed by atoms with E-state index in [1.807, 2.05) is 51.1 Å². The lowest BCUT2D eigenvalue weighted by Gasteiger charge is -2.09. The molecule has 174 valence electrons. The van der Waals surface area contributed by atoms with Crippen LogP contribution in [0.3, 0.4) is 0 Å². The predicted octanol–water partition coefficient (Wildman–Crippen LogP) is 4.45. The number of nitrogens with one attached hydrogen (secondary N) is 2. The molecule has 0 aliphatic carbocycles. The Hall–Kier alpha value is -4.46. The normalized spacial score (nSPS) is 15.5. The van der Waals surface area contributed by atoms with Crippen LogP contribution in [-0.2, 0) is 16.0 Å². The quantitative estimate of drug-likeness (QED) is 0.453. The van der Waals surface area contributed by atoms with Crippen molar-refractivity contribution in [2.24, 2.45) is 0 Å². The van der Waals surface area contributed by atoms with Gasteiger partial charge in [0, 0.05) is 58.4 Å². The molecule has 8 heteroatoms. The van der Waals surface area contributed by atoms with Gasteiger partial charge in [0.05, 0.1) is 12.3 Å². The van der Waals surface area contributed by atoms with E-state index >= 15 is 0 Å². The topological polar surface area (TPSA) is 110 Å². The summed E-state index contributed by atoms with van der Waals surface area (Å²) in [5.41, 5.74) is 8.02. The molecule has 2 N–H and O–H groups in total. The number of pyridine rings is 4. The minimum absolute atomic E-state index is 0.0128. The highest BCUT2D eigenvalue weighted by atomic mass is 16.2. The summed E-state index contributed by atoms with van der Waals surface area (Å²) in [4.78, 5) is 39.8. The molecule has 2 amide bonds. The van der Waals surface area contributed by atoms with E-state index in [-0.39, 0.29) is 17.7 Å². The number of nitrogens with zero attached hydrogens (tertiary/aromatic N) is 4. The number of hydrogen-bond acceptors (Lipinski definition) is 6. The number of hydrogen-bond donors (Lipinski definition) is 2. The SMILES string of the molecule is Cc1nc2c(cc1-c1ccncc1)C(C)C(=O)N2.Cc1nc2c(cc1-c1ccncc1)CC(=O)N2. The fourth-order valence-electron chi connectivity index (χ4n) is 4.30. The monoisotopic (exact) mass is 464 g/mol. The standard InChI is InChI=1S/C14H13N3O.C13H11N3O/c1-8-11-7-12(10-3-5-15-6-4-10)9(2)16-13(11)17-14(8)18;1-8-11(9-2-4-14-5-3-9)6-10-7-12(17)16-13(10)15-8/h3-8H,1-2H3,(H,16,17,18);2-6H,7H2,1H3,(H,15,16,17). The second-order valence-corrected chi connectivity index (χ2v) is 8.60. The third-order valence-corrected chi connectivity index (χ3v) is 6.23. The Kier molecular flexibility index (Phi) is 5.78. The third-order valence-electron chi connectivity index (χ3n) is 6.23. The number of aromatic nitrogens is 4. The first-order valence-electron chi connectivity index (χ1n) is 11.3. The smallest absolute Gasteiger partial charge is 0.232 e. The zero-order valence-corrected chi connectivity index (χ0v) is 19.7. The summed E-state index contributed by atoms with van der Waals surface area (Å²) in [6, 6.07) is 11.9. The molecule has 0 fully saturated rings. The number of carbonyl (C=O) groups is 2. The van der Waals surface area contributed by atoms with Gasteiger partial charge in [-0.2, -0.15) is 0 Å². The zero-order chi connectivity index (χ0) is 24.5. The van der Waals surface area contributed by atoms with E-state index in [0.717, 1.165) is 44.8 Å². The maximum Gasteiger partial charge on any atom is 0.232 e. The van der Waals surface area contributed by atoms with Gasteiger partial charge in [0.15, 0.2) is 0 Å². The molecule has 8 nitrogen and oxygen atoms in total. The maximum absolute atomic E-state index is 11.6. The Morgan fingerprint density at radius 1 is 0.771 bits per heavy atom. The first kappa shape index (κ1) is 22.3. The largest absolute Gasteiger partial charge is 0.310 e. The summed E-state index contributed by atoms with van der Waals surface area (Å²) in [5, 5.41) is 5.56. The van der Waals surface area contributed by atoms with Gasteiger partial charge in [0.25, 0.3) is 0 Å². The van der Waals surface area contributed by atoms with E-state index in [9.17, 15) is 9.59 Å². The summed E-state index contributed by atoms with van der Waals surface area (Å²) < 4.78 is 0. The molecule has 35 heavy (non-hydrogen) atoms. The maximum atomic E-state index is 11.6. The van der Waals surface area contributed by atoms with E-state index < -0.39 is 0 Å². The second-order valence-electron chi connectivity index (χ2n) is 8.60. The molecule has 0 bridgehead atoms. The molecule has 0 saturated heterocycles. The van der Waals surface area contributed by atoms with Crippen LogP contribution in [0.1, 0.15) is 35.4 Å². The molecule has 0 spiro atoms. The van der Waals surface area contributed by atoms with Crippen LogP contribution >= 0.6 is 0 Å². The van der Waals surface area contributed by atoms with Gasteiger partial charge in [-0.3, -0.25) is 19.6 Å². The third kappa shape index (κ3) is 4.38. The van der Waals surface area contributed by atoms with Crippen LogP contribution in [0.25, 0.3) is 22.3 Å². The van der Waals surface area contributed by atoms with Crippen LogP contribution in [0.2, 0.25) is 0 Å². The van der Waals surface area contributed by atoms with Gasteiger partial charge in [-0.15, -0.1) is 0 Å². The van der Waals surface area contributed by atoms with Crippen LogP contribution in [-0.4, -0.2) is 31.8 Å². The molecule has 1 unspecified atom stereocenters. The zero-order valence-electron chi connectivity index (χ0n) is 19.7. The van der Waals surface area contributed by atoms with Crippen LogP contribution < -0.4 is 10.6 Å². The van der Waals surface area contributed by atoms with E-state index in [0.29, 0.717) is 18.1 Å². The Labute approximate surface area is 202 Å². The minimum Gasteiger partial charge on any atom is -0.310 e. The van der Waals surface area contributed by atoms with E-state index in [1.54, 1.807) is 24.8 Å². The Balaban J connectivity index is 0.000000145. The lowest BCUT2D eigenvalue weighted by molar-refractivity contribution is -0.117. The summed E-state index contributed by atoms with van der Waals surface area (Å²) >= 11 is 0. The molecule has 6 heterocycles. The Morgan fingerprint density at radius 2 is 1.31 bits per heavy atom. The fraction of sp³-hybridized carbons (Fsp3) is 0.185. The van der Waals surface area contributed by atoms with Crippen LogP contribution in [0.4, 0.5) is 11.6 Å². The Morgan fingerprint density at radius 3 is 1.91 bits per heavy atom. The van der Waals surface area contributed by atoms with E-state index in [2.05, 4.69) is 36.6 Å². The molecular weight excluding hydrogens is 440 g/mol. The van der Waals surface area contributed by atoms with E-state index in [1.165, 1.54) is 0 Å². The van der Waals surface area contributed by atoms with Crippen molar-refractivity contribution in [1.82, 2.24) is 19.9 Å². The first-order chi connectivity index (χ1) is 16.9. The minimum atomic E-state index is -0.131. The van der Waals surface area contributed by atoms with Gasteiger partial charge in [-0.25, -0.2) is 9.97 Å². The molecule has 4 aromatic heterocycles. The van der Waals surface area contributed by atoms with Gasteiger partial charge in [-0.1, -0.05) is 0 Å². The van der Waals surface area contributed by atoms with E-state index in [4.69, 9.17) is 0 Å². The van der Waals surface area contributed by atoms with Crippen molar-refractivity contribution in [3.05, 3.63) is 83.7 Å². The molecule has 0 saturated carbocycles. The number of carbonyl (C=O) groups excluding carboxylic acids is 2. The van der Waals surface area contributed by atoms with Crippen molar-refractivity contribution in [2.45, 2.75) is 33.1 Å². The van der Waals surface area contributed by atoms with Crippen molar-refractivity contribution >= 4 is 23.5 Å². The lowest BCUT2D eigenvalue weighted by atomic mass is 9.98. The lowest BCUT2D eigenvalue weighted by Crippen LogP contribution is -2.08. The number of amides is 2. The molecule has 4 aromatic rings. The van der Waals surface area contributed by atoms with Crippen molar-refractivity contribution in [3.8, 4) is 22.3 Å². The van der Waals surface area contributed by atoms with Gasteiger partial charge in [0.2, 0.25) is 11.8 Å². The first-order valence-corrected chi connectivity index (χ1v) is 11.3. The van der Waals surface area contributed by atoms with Gasteiger partial charge in [-0.05, 0) is 68.3 Å². The molecule has 0 aromatic carbocycles. The fourth-order valence-corrected chi connectivity index (χ4v) is 4.30. The summed E-state index contributed by atoms with van der Waals surface area (Å²) in [6.07, 6.45) is 7.45.